The Labute approximate surface area is 82.3 Å². The monoisotopic (exact) mass is 195 g/mol. The topological polar surface area (TPSA) is 47.4 Å². The number of ether oxygens (including phenoxy) is 1. The van der Waals surface area contributed by atoms with E-state index in [1.54, 1.807) is 29.0 Å². The van der Waals surface area contributed by atoms with Crippen LogP contribution in [0.1, 0.15) is 10.4 Å². The van der Waals surface area contributed by atoms with Crippen molar-refractivity contribution in [3.05, 3.63) is 18.0 Å². The molecule has 0 radical (unpaired) electrons. The lowest BCUT2D eigenvalue weighted by Crippen LogP contribution is -2.40. The van der Waals surface area contributed by atoms with Gasteiger partial charge in [-0.25, -0.2) is 0 Å². The highest BCUT2D eigenvalue weighted by Crippen LogP contribution is 2.05. The van der Waals surface area contributed by atoms with Crippen LogP contribution in [-0.2, 0) is 11.8 Å². The highest BCUT2D eigenvalue weighted by Gasteiger charge is 2.19. The molecule has 1 saturated heterocycles. The summed E-state index contributed by atoms with van der Waals surface area (Å²) in [4.78, 5) is 13.6. The average Bonchev–Trinajstić information content (AvgIpc) is 2.65. The fourth-order valence-corrected chi connectivity index (χ4v) is 1.48. The van der Waals surface area contributed by atoms with Crippen LogP contribution in [0.15, 0.2) is 12.4 Å². The Morgan fingerprint density at radius 1 is 1.50 bits per heavy atom. The molecule has 1 aliphatic rings. The summed E-state index contributed by atoms with van der Waals surface area (Å²) in [5, 5.41) is 3.97. The van der Waals surface area contributed by atoms with Crippen LogP contribution in [0, 0.1) is 0 Å². The Morgan fingerprint density at radius 2 is 2.21 bits per heavy atom. The van der Waals surface area contributed by atoms with Gasteiger partial charge >= 0.3 is 0 Å². The van der Waals surface area contributed by atoms with Gasteiger partial charge in [-0.05, 0) is 0 Å². The predicted octanol–water partition coefficient (Wildman–Crippen LogP) is -0.108. The lowest BCUT2D eigenvalue weighted by atomic mass is 10.3. The standard InChI is InChI=1S/C9H13N3O2/c1-11-7-8(6-10-11)9(13)12-2-4-14-5-3-12/h6-7H,2-5H2,1H3. The summed E-state index contributed by atoms with van der Waals surface area (Å²) in [6.45, 7) is 2.61. The van der Waals surface area contributed by atoms with Crippen molar-refractivity contribution >= 4 is 5.91 Å². The molecule has 1 aromatic heterocycles. The number of rotatable bonds is 1. The normalized spacial score (nSPS) is 17.1. The smallest absolute Gasteiger partial charge is 0.257 e. The Bertz CT molecular complexity index is 329. The second-order valence-electron chi connectivity index (χ2n) is 3.31. The molecule has 0 aliphatic carbocycles. The summed E-state index contributed by atoms with van der Waals surface area (Å²) in [6.07, 6.45) is 3.33. The molecule has 0 unspecified atom stereocenters. The van der Waals surface area contributed by atoms with E-state index in [1.165, 1.54) is 0 Å². The summed E-state index contributed by atoms with van der Waals surface area (Å²) in [5.41, 5.74) is 0.648. The SMILES string of the molecule is Cn1cc(C(=O)N2CCOCC2)cn1. The van der Waals surface area contributed by atoms with E-state index in [-0.39, 0.29) is 5.91 Å². The zero-order chi connectivity index (χ0) is 9.97. The van der Waals surface area contributed by atoms with Crippen LogP contribution in [0.4, 0.5) is 0 Å². The van der Waals surface area contributed by atoms with Gasteiger partial charge < -0.3 is 9.64 Å². The fourth-order valence-electron chi connectivity index (χ4n) is 1.48. The minimum Gasteiger partial charge on any atom is -0.378 e. The molecule has 2 heterocycles. The Kier molecular flexibility index (Phi) is 2.49. The highest BCUT2D eigenvalue weighted by atomic mass is 16.5. The molecular formula is C9H13N3O2. The predicted molar refractivity (Wildman–Crippen MR) is 49.9 cm³/mol. The molecule has 0 saturated carbocycles. The third-order valence-electron chi connectivity index (χ3n) is 2.25. The number of hydrogen-bond acceptors (Lipinski definition) is 3. The summed E-state index contributed by atoms with van der Waals surface area (Å²) >= 11 is 0. The average molecular weight is 195 g/mol. The number of aryl methyl sites for hydroxylation is 1. The molecule has 0 atom stereocenters. The van der Waals surface area contributed by atoms with Gasteiger partial charge in [0, 0.05) is 26.3 Å². The van der Waals surface area contributed by atoms with Crippen LogP contribution in [0.3, 0.4) is 0 Å². The molecule has 0 bridgehead atoms. The zero-order valence-corrected chi connectivity index (χ0v) is 8.14. The maximum absolute atomic E-state index is 11.8. The van der Waals surface area contributed by atoms with Crippen molar-refractivity contribution in [2.45, 2.75) is 0 Å². The van der Waals surface area contributed by atoms with Crippen molar-refractivity contribution < 1.29 is 9.53 Å². The van der Waals surface area contributed by atoms with Gasteiger partial charge in [0.25, 0.3) is 5.91 Å². The third kappa shape index (κ3) is 1.77. The number of hydrogen-bond donors (Lipinski definition) is 0. The highest BCUT2D eigenvalue weighted by molar-refractivity contribution is 5.93. The van der Waals surface area contributed by atoms with Crippen molar-refractivity contribution in [2.24, 2.45) is 7.05 Å². The second-order valence-corrected chi connectivity index (χ2v) is 3.31. The summed E-state index contributed by atoms with van der Waals surface area (Å²) in [6, 6.07) is 0. The van der Waals surface area contributed by atoms with Gasteiger partial charge in [0.1, 0.15) is 0 Å². The van der Waals surface area contributed by atoms with Gasteiger partial charge in [-0.1, -0.05) is 0 Å². The summed E-state index contributed by atoms with van der Waals surface area (Å²) < 4.78 is 6.81. The van der Waals surface area contributed by atoms with E-state index in [4.69, 9.17) is 4.74 Å². The van der Waals surface area contributed by atoms with Crippen LogP contribution in [0.5, 0.6) is 0 Å². The first-order chi connectivity index (χ1) is 6.77. The molecule has 0 N–H and O–H groups in total. The van der Waals surface area contributed by atoms with Crippen molar-refractivity contribution in [1.29, 1.82) is 0 Å². The van der Waals surface area contributed by atoms with Crippen LogP contribution in [0.2, 0.25) is 0 Å². The molecule has 14 heavy (non-hydrogen) atoms. The maximum atomic E-state index is 11.8. The van der Waals surface area contributed by atoms with E-state index in [2.05, 4.69) is 5.10 Å². The summed E-state index contributed by atoms with van der Waals surface area (Å²) in [5.74, 6) is 0.0430. The molecule has 0 aromatic carbocycles. The molecule has 1 amide bonds. The van der Waals surface area contributed by atoms with Gasteiger partial charge in [-0.15, -0.1) is 0 Å². The van der Waals surface area contributed by atoms with E-state index < -0.39 is 0 Å². The van der Waals surface area contributed by atoms with Gasteiger partial charge in [0.15, 0.2) is 0 Å². The van der Waals surface area contributed by atoms with E-state index >= 15 is 0 Å². The number of amides is 1. The van der Waals surface area contributed by atoms with Crippen molar-refractivity contribution in [1.82, 2.24) is 14.7 Å². The fraction of sp³-hybridized carbons (Fsp3) is 0.556. The minimum atomic E-state index is 0.0430. The molecule has 5 heteroatoms. The van der Waals surface area contributed by atoms with E-state index in [9.17, 15) is 4.79 Å². The lowest BCUT2D eigenvalue weighted by molar-refractivity contribution is 0.0303. The minimum absolute atomic E-state index is 0.0430. The van der Waals surface area contributed by atoms with Gasteiger partial charge in [-0.3, -0.25) is 9.48 Å². The first kappa shape index (κ1) is 9.21. The quantitative estimate of drug-likeness (QED) is 0.628. The van der Waals surface area contributed by atoms with Crippen LogP contribution < -0.4 is 0 Å². The van der Waals surface area contributed by atoms with E-state index in [0.29, 0.717) is 31.9 Å². The van der Waals surface area contributed by atoms with E-state index in [0.717, 1.165) is 0 Å². The van der Waals surface area contributed by atoms with E-state index in [1.807, 2.05) is 0 Å². The molecule has 1 fully saturated rings. The Hall–Kier alpha value is -1.36. The molecule has 5 nitrogen and oxygen atoms in total. The lowest BCUT2D eigenvalue weighted by Gasteiger charge is -2.26. The molecule has 2 rings (SSSR count). The number of nitrogens with zero attached hydrogens (tertiary/aromatic N) is 3. The van der Waals surface area contributed by atoms with Gasteiger partial charge in [-0.2, -0.15) is 5.10 Å². The molecule has 0 spiro atoms. The van der Waals surface area contributed by atoms with Crippen molar-refractivity contribution in [3.8, 4) is 0 Å². The number of morpholine rings is 1. The van der Waals surface area contributed by atoms with Crippen LogP contribution in [-0.4, -0.2) is 46.9 Å². The zero-order valence-electron chi connectivity index (χ0n) is 8.14. The largest absolute Gasteiger partial charge is 0.378 e. The molecule has 76 valence electrons. The second kappa shape index (κ2) is 3.79. The first-order valence-electron chi connectivity index (χ1n) is 4.63. The molecular weight excluding hydrogens is 182 g/mol. The number of aromatic nitrogens is 2. The Balaban J connectivity index is 2.07. The molecule has 1 aromatic rings. The van der Waals surface area contributed by atoms with Crippen LogP contribution >= 0.6 is 0 Å². The first-order valence-corrected chi connectivity index (χ1v) is 4.63. The van der Waals surface area contributed by atoms with Gasteiger partial charge in [0.2, 0.25) is 0 Å². The third-order valence-corrected chi connectivity index (χ3v) is 2.25. The Morgan fingerprint density at radius 3 is 2.79 bits per heavy atom. The number of carbonyl (C=O) groups is 1. The van der Waals surface area contributed by atoms with Gasteiger partial charge in [0.05, 0.1) is 25.0 Å². The molecule has 1 aliphatic heterocycles. The van der Waals surface area contributed by atoms with Crippen molar-refractivity contribution in [2.75, 3.05) is 26.3 Å². The summed E-state index contributed by atoms with van der Waals surface area (Å²) in [7, 11) is 1.80. The van der Waals surface area contributed by atoms with Crippen LogP contribution in [0.25, 0.3) is 0 Å². The van der Waals surface area contributed by atoms with Crippen molar-refractivity contribution in [3.63, 3.8) is 0 Å². The maximum Gasteiger partial charge on any atom is 0.257 e. The number of carbonyl (C=O) groups excluding carboxylic acids is 1.